The van der Waals surface area contributed by atoms with Crippen LogP contribution in [-0.4, -0.2) is 19.0 Å². The summed E-state index contributed by atoms with van der Waals surface area (Å²) in [5.74, 6) is 6.53. The third kappa shape index (κ3) is 5.87. The average molecular weight is 418 g/mol. The van der Waals surface area contributed by atoms with Gasteiger partial charge in [0.25, 0.3) is 5.91 Å². The van der Waals surface area contributed by atoms with Crippen LogP contribution in [0.25, 0.3) is 0 Å². The fourth-order valence-electron chi connectivity index (χ4n) is 2.61. The summed E-state index contributed by atoms with van der Waals surface area (Å²) in [6, 6.07) is 22.9. The van der Waals surface area contributed by atoms with E-state index in [4.69, 9.17) is 22.1 Å². The standard InChI is InChI=1S/C24H20ClN3O2/c1-30-21-14-10-18(11-15-21)22(16-7-17-5-3-2-4-6-17)27-24(26)28-23(29)19-8-12-20(25)13-9-19/h2-6,8-15,22H,1H3,(H3,26,27,28,29). The fraction of sp³-hybridized carbons (Fsp3) is 0.0833. The molecule has 0 saturated carbocycles. The van der Waals surface area contributed by atoms with E-state index in [0.717, 1.165) is 16.9 Å². The Hall–Kier alpha value is -3.75. The number of rotatable bonds is 4. The van der Waals surface area contributed by atoms with Gasteiger partial charge in [-0.05, 0) is 54.1 Å². The van der Waals surface area contributed by atoms with Gasteiger partial charge in [-0.1, -0.05) is 53.8 Å². The number of carbonyl (C=O) groups is 1. The van der Waals surface area contributed by atoms with Gasteiger partial charge in [0.15, 0.2) is 5.96 Å². The summed E-state index contributed by atoms with van der Waals surface area (Å²) in [6.07, 6.45) is 0. The van der Waals surface area contributed by atoms with E-state index in [9.17, 15) is 4.79 Å². The molecule has 3 rings (SSSR count). The molecule has 1 unspecified atom stereocenters. The van der Waals surface area contributed by atoms with Gasteiger partial charge in [-0.3, -0.25) is 10.1 Å². The van der Waals surface area contributed by atoms with Crippen LogP contribution < -0.4 is 15.8 Å². The van der Waals surface area contributed by atoms with E-state index in [1.807, 2.05) is 54.6 Å². The second-order valence-electron chi connectivity index (χ2n) is 6.29. The number of aliphatic imine (C=N–C) groups is 1. The van der Waals surface area contributed by atoms with Crippen molar-refractivity contribution in [2.45, 2.75) is 6.04 Å². The highest BCUT2D eigenvalue weighted by atomic mass is 35.5. The summed E-state index contributed by atoms with van der Waals surface area (Å²) < 4.78 is 5.21. The largest absolute Gasteiger partial charge is 0.497 e. The maximum atomic E-state index is 12.4. The van der Waals surface area contributed by atoms with E-state index in [0.29, 0.717) is 10.6 Å². The normalized spacial score (nSPS) is 11.7. The molecule has 0 saturated heterocycles. The fourth-order valence-corrected chi connectivity index (χ4v) is 2.74. The topological polar surface area (TPSA) is 76.7 Å². The summed E-state index contributed by atoms with van der Waals surface area (Å²) in [4.78, 5) is 16.8. The van der Waals surface area contributed by atoms with Crippen LogP contribution in [0.3, 0.4) is 0 Å². The predicted molar refractivity (Wildman–Crippen MR) is 120 cm³/mol. The van der Waals surface area contributed by atoms with Crippen LogP contribution in [0, 0.1) is 11.8 Å². The number of hydrogen-bond acceptors (Lipinski definition) is 3. The van der Waals surface area contributed by atoms with Crippen molar-refractivity contribution in [1.82, 2.24) is 5.32 Å². The molecule has 0 radical (unpaired) electrons. The second-order valence-corrected chi connectivity index (χ2v) is 6.72. The zero-order valence-electron chi connectivity index (χ0n) is 16.3. The van der Waals surface area contributed by atoms with Crippen LogP contribution >= 0.6 is 11.6 Å². The third-order valence-corrected chi connectivity index (χ3v) is 4.43. The molecule has 0 heterocycles. The third-order valence-electron chi connectivity index (χ3n) is 4.17. The number of hydrogen-bond donors (Lipinski definition) is 2. The van der Waals surface area contributed by atoms with Crippen molar-refractivity contribution in [2.75, 3.05) is 7.11 Å². The highest BCUT2D eigenvalue weighted by molar-refractivity contribution is 6.30. The first-order chi connectivity index (χ1) is 14.5. The minimum absolute atomic E-state index is 0.0295. The summed E-state index contributed by atoms with van der Waals surface area (Å²) in [5.41, 5.74) is 8.11. The summed E-state index contributed by atoms with van der Waals surface area (Å²) in [7, 11) is 1.60. The number of carbonyl (C=O) groups excluding carboxylic acids is 1. The Balaban J connectivity index is 1.85. The van der Waals surface area contributed by atoms with E-state index in [1.54, 1.807) is 31.4 Å². The number of halogens is 1. The van der Waals surface area contributed by atoms with Crippen molar-refractivity contribution in [3.8, 4) is 17.6 Å². The smallest absolute Gasteiger partial charge is 0.257 e. The van der Waals surface area contributed by atoms with Crippen molar-refractivity contribution < 1.29 is 9.53 Å². The molecule has 3 N–H and O–H groups in total. The van der Waals surface area contributed by atoms with Gasteiger partial charge in [-0.2, -0.15) is 0 Å². The molecule has 6 heteroatoms. The van der Waals surface area contributed by atoms with Crippen LogP contribution in [0.1, 0.15) is 27.5 Å². The van der Waals surface area contributed by atoms with Crippen LogP contribution in [0.2, 0.25) is 5.02 Å². The van der Waals surface area contributed by atoms with Crippen molar-refractivity contribution in [3.63, 3.8) is 0 Å². The zero-order chi connectivity index (χ0) is 21.3. The SMILES string of the molecule is COc1ccc(C(C#Cc2ccccc2)N=C(N)NC(=O)c2ccc(Cl)cc2)cc1. The lowest BCUT2D eigenvalue weighted by Crippen LogP contribution is -2.37. The Labute approximate surface area is 180 Å². The van der Waals surface area contributed by atoms with Gasteiger partial charge in [-0.15, -0.1) is 0 Å². The van der Waals surface area contributed by atoms with Crippen molar-refractivity contribution in [2.24, 2.45) is 10.7 Å². The molecule has 3 aromatic carbocycles. The monoisotopic (exact) mass is 417 g/mol. The molecular formula is C24H20ClN3O2. The minimum atomic E-state index is -0.568. The molecule has 150 valence electrons. The number of ether oxygens (including phenoxy) is 1. The summed E-state index contributed by atoms with van der Waals surface area (Å²) in [5, 5.41) is 3.14. The van der Waals surface area contributed by atoms with Gasteiger partial charge in [0.2, 0.25) is 0 Å². The molecule has 0 aromatic heterocycles. The average Bonchev–Trinajstić information content (AvgIpc) is 2.77. The van der Waals surface area contributed by atoms with Crippen molar-refractivity contribution in [1.29, 1.82) is 0 Å². The molecule has 1 atom stereocenters. The number of amides is 1. The molecule has 0 bridgehead atoms. The van der Waals surface area contributed by atoms with Gasteiger partial charge in [-0.25, -0.2) is 4.99 Å². The van der Waals surface area contributed by atoms with Crippen molar-refractivity contribution >= 4 is 23.5 Å². The van der Waals surface area contributed by atoms with Crippen LogP contribution in [0.15, 0.2) is 83.9 Å². The van der Waals surface area contributed by atoms with Gasteiger partial charge < -0.3 is 10.5 Å². The molecule has 30 heavy (non-hydrogen) atoms. The first-order valence-electron chi connectivity index (χ1n) is 9.16. The van der Waals surface area contributed by atoms with Gasteiger partial charge in [0.1, 0.15) is 11.8 Å². The van der Waals surface area contributed by atoms with E-state index in [1.165, 1.54) is 0 Å². The maximum Gasteiger partial charge on any atom is 0.257 e. The van der Waals surface area contributed by atoms with Crippen LogP contribution in [0.4, 0.5) is 0 Å². The van der Waals surface area contributed by atoms with E-state index >= 15 is 0 Å². The summed E-state index contributed by atoms with van der Waals surface area (Å²) in [6.45, 7) is 0. The zero-order valence-corrected chi connectivity index (χ0v) is 17.1. The van der Waals surface area contributed by atoms with E-state index < -0.39 is 6.04 Å². The van der Waals surface area contributed by atoms with Crippen molar-refractivity contribution in [3.05, 3.63) is 101 Å². The Morgan fingerprint density at radius 1 is 1.03 bits per heavy atom. The molecule has 5 nitrogen and oxygen atoms in total. The van der Waals surface area contributed by atoms with Crippen LogP contribution in [0.5, 0.6) is 5.75 Å². The van der Waals surface area contributed by atoms with Gasteiger partial charge >= 0.3 is 0 Å². The molecule has 0 aliphatic heterocycles. The van der Waals surface area contributed by atoms with Gasteiger partial charge in [0, 0.05) is 16.1 Å². The summed E-state index contributed by atoms with van der Waals surface area (Å²) >= 11 is 5.86. The van der Waals surface area contributed by atoms with Gasteiger partial charge in [0.05, 0.1) is 7.11 Å². The molecule has 0 fully saturated rings. The Morgan fingerprint density at radius 3 is 2.33 bits per heavy atom. The van der Waals surface area contributed by atoms with E-state index in [2.05, 4.69) is 22.2 Å². The quantitative estimate of drug-likeness (QED) is 0.379. The molecule has 3 aromatic rings. The number of guanidine groups is 1. The first-order valence-corrected chi connectivity index (χ1v) is 9.53. The Bertz CT molecular complexity index is 1080. The maximum absolute atomic E-state index is 12.4. The lowest BCUT2D eigenvalue weighted by Gasteiger charge is -2.10. The lowest BCUT2D eigenvalue weighted by atomic mass is 10.1. The van der Waals surface area contributed by atoms with Crippen LogP contribution in [-0.2, 0) is 0 Å². The second kappa shape index (κ2) is 10.1. The minimum Gasteiger partial charge on any atom is -0.497 e. The number of methoxy groups -OCH3 is 1. The Kier molecular flexibility index (Phi) is 7.09. The highest BCUT2D eigenvalue weighted by Gasteiger charge is 2.11. The molecule has 1 amide bonds. The number of nitrogens with two attached hydrogens (primary N) is 1. The lowest BCUT2D eigenvalue weighted by molar-refractivity contribution is 0.0976. The first kappa shape index (κ1) is 21.0. The Morgan fingerprint density at radius 2 is 1.70 bits per heavy atom. The molecule has 0 aliphatic rings. The molecule has 0 spiro atoms. The number of benzene rings is 3. The highest BCUT2D eigenvalue weighted by Crippen LogP contribution is 2.20. The molecular weight excluding hydrogens is 398 g/mol. The van der Waals surface area contributed by atoms with E-state index in [-0.39, 0.29) is 11.9 Å². The molecule has 0 aliphatic carbocycles. The number of nitrogens with one attached hydrogen (secondary N) is 1. The number of nitrogens with zero attached hydrogens (tertiary/aromatic N) is 1. The predicted octanol–water partition coefficient (Wildman–Crippen LogP) is 4.19.